The average Bonchev–Trinajstić information content (AvgIpc) is 2.62. The summed E-state index contributed by atoms with van der Waals surface area (Å²) in [4.78, 5) is 14.4. The number of nitrogens with one attached hydrogen (secondary N) is 1. The second-order valence-corrected chi connectivity index (χ2v) is 9.87. The van der Waals surface area contributed by atoms with Crippen LogP contribution in [0.2, 0.25) is 0 Å². The fraction of sp³-hybridized carbons (Fsp3) is 0.944. The van der Waals surface area contributed by atoms with E-state index in [0.29, 0.717) is 44.4 Å². The van der Waals surface area contributed by atoms with Crippen LogP contribution < -0.4 is 5.32 Å². The molecule has 0 aromatic rings. The molecule has 0 radical (unpaired) electrons. The van der Waals surface area contributed by atoms with E-state index in [4.69, 9.17) is 4.74 Å². The fourth-order valence-corrected chi connectivity index (χ4v) is 5.00. The summed E-state index contributed by atoms with van der Waals surface area (Å²) >= 11 is 0. The smallest absolute Gasteiger partial charge is 0.222 e. The van der Waals surface area contributed by atoms with Gasteiger partial charge in [-0.3, -0.25) is 4.79 Å². The number of sulfonamides is 1. The van der Waals surface area contributed by atoms with Crippen LogP contribution >= 0.6 is 0 Å². The van der Waals surface area contributed by atoms with E-state index in [2.05, 4.69) is 12.2 Å². The number of carbonyl (C=O) groups is 1. The molecule has 2 aliphatic heterocycles. The van der Waals surface area contributed by atoms with E-state index in [1.165, 1.54) is 4.31 Å². The van der Waals surface area contributed by atoms with Gasteiger partial charge in [0, 0.05) is 32.6 Å². The minimum atomic E-state index is -3.30. The lowest BCUT2D eigenvalue weighted by atomic mass is 9.84. The van der Waals surface area contributed by atoms with Gasteiger partial charge in [0.2, 0.25) is 15.9 Å². The largest absolute Gasteiger partial charge is 0.378 e. The van der Waals surface area contributed by atoms with Gasteiger partial charge in [0.1, 0.15) is 0 Å². The van der Waals surface area contributed by atoms with Crippen LogP contribution in [0.4, 0.5) is 0 Å². The number of piperazine rings is 1. The Morgan fingerprint density at radius 3 is 2.31 bits per heavy atom. The van der Waals surface area contributed by atoms with E-state index < -0.39 is 10.0 Å². The molecule has 152 valence electrons. The van der Waals surface area contributed by atoms with E-state index in [1.54, 1.807) is 0 Å². The zero-order valence-electron chi connectivity index (χ0n) is 16.4. The molecule has 0 saturated carbocycles. The summed E-state index contributed by atoms with van der Waals surface area (Å²) in [6.45, 7) is 10.00. The van der Waals surface area contributed by atoms with Gasteiger partial charge in [-0.25, -0.2) is 8.42 Å². The minimum absolute atomic E-state index is 0.00583. The van der Waals surface area contributed by atoms with Crippen LogP contribution in [0.25, 0.3) is 0 Å². The van der Waals surface area contributed by atoms with Crippen LogP contribution in [0.15, 0.2) is 0 Å². The second kappa shape index (κ2) is 10.0. The summed E-state index contributed by atoms with van der Waals surface area (Å²) in [7, 11) is -3.30. The molecule has 1 atom stereocenters. The summed E-state index contributed by atoms with van der Waals surface area (Å²) < 4.78 is 31.6. The van der Waals surface area contributed by atoms with Gasteiger partial charge in [-0.1, -0.05) is 6.92 Å². The van der Waals surface area contributed by atoms with Crippen molar-refractivity contribution < 1.29 is 17.9 Å². The van der Waals surface area contributed by atoms with Gasteiger partial charge in [-0.05, 0) is 51.6 Å². The van der Waals surface area contributed by atoms with Crippen LogP contribution in [0, 0.1) is 11.8 Å². The first-order valence-corrected chi connectivity index (χ1v) is 11.5. The minimum Gasteiger partial charge on any atom is -0.378 e. The Bertz CT molecular complexity index is 539. The first-order chi connectivity index (χ1) is 12.3. The second-order valence-electron chi connectivity index (χ2n) is 7.78. The number of hydrogen-bond donors (Lipinski definition) is 1. The van der Waals surface area contributed by atoms with Crippen molar-refractivity contribution in [3.63, 3.8) is 0 Å². The van der Waals surface area contributed by atoms with Gasteiger partial charge >= 0.3 is 0 Å². The highest BCUT2D eigenvalue weighted by Crippen LogP contribution is 2.25. The standard InChI is InChI=1S/C18H35N3O4S/c1-15(2)25-12-13-26(23,24)21-10-8-20(9-11-21)18(22)14-16(3)17-4-6-19-7-5-17/h15-17,19H,4-14H2,1-3H3. The lowest BCUT2D eigenvalue weighted by Gasteiger charge is -2.35. The van der Waals surface area contributed by atoms with Crippen molar-refractivity contribution >= 4 is 15.9 Å². The van der Waals surface area contributed by atoms with Crippen molar-refractivity contribution in [2.24, 2.45) is 11.8 Å². The predicted octanol–water partition coefficient (Wildman–Crippen LogP) is 0.911. The molecule has 2 aliphatic rings. The third kappa shape index (κ3) is 6.48. The molecule has 26 heavy (non-hydrogen) atoms. The van der Waals surface area contributed by atoms with Crippen LogP contribution in [0.1, 0.15) is 40.0 Å². The summed E-state index contributed by atoms with van der Waals surface area (Å²) in [5.41, 5.74) is 0. The Morgan fingerprint density at radius 2 is 1.73 bits per heavy atom. The molecule has 2 heterocycles. The van der Waals surface area contributed by atoms with E-state index in [1.807, 2.05) is 18.7 Å². The van der Waals surface area contributed by atoms with Crippen LogP contribution in [0.5, 0.6) is 0 Å². The number of piperidine rings is 1. The molecule has 0 aromatic carbocycles. The molecule has 0 aliphatic carbocycles. The van der Waals surface area contributed by atoms with Gasteiger partial charge in [0.25, 0.3) is 0 Å². The first-order valence-electron chi connectivity index (χ1n) is 9.87. The van der Waals surface area contributed by atoms with Gasteiger partial charge in [-0.15, -0.1) is 0 Å². The first kappa shape index (κ1) is 21.6. The summed E-state index contributed by atoms with van der Waals surface area (Å²) in [6, 6.07) is 0. The maximum absolute atomic E-state index is 12.6. The molecular formula is C18H35N3O4S. The lowest BCUT2D eigenvalue weighted by molar-refractivity contribution is -0.133. The van der Waals surface area contributed by atoms with Gasteiger partial charge in [0.05, 0.1) is 18.5 Å². The molecule has 0 spiro atoms. The Labute approximate surface area is 158 Å². The molecule has 0 bridgehead atoms. The molecule has 2 saturated heterocycles. The van der Waals surface area contributed by atoms with E-state index >= 15 is 0 Å². The fourth-order valence-electron chi connectivity index (χ4n) is 3.72. The number of nitrogens with zero attached hydrogens (tertiary/aromatic N) is 2. The molecule has 7 nitrogen and oxygen atoms in total. The molecule has 0 aromatic heterocycles. The molecular weight excluding hydrogens is 354 g/mol. The van der Waals surface area contributed by atoms with Crippen molar-refractivity contribution in [1.29, 1.82) is 0 Å². The van der Waals surface area contributed by atoms with E-state index in [0.717, 1.165) is 25.9 Å². The van der Waals surface area contributed by atoms with Crippen molar-refractivity contribution in [2.45, 2.75) is 46.1 Å². The highest BCUT2D eigenvalue weighted by molar-refractivity contribution is 7.89. The summed E-state index contributed by atoms with van der Waals surface area (Å²) in [5.74, 6) is 1.17. The third-order valence-corrected chi connectivity index (χ3v) is 7.30. The normalized spacial score (nSPS) is 21.9. The lowest BCUT2D eigenvalue weighted by Crippen LogP contribution is -2.51. The van der Waals surface area contributed by atoms with Crippen LogP contribution in [-0.4, -0.2) is 81.3 Å². The van der Waals surface area contributed by atoms with Crippen LogP contribution in [0.3, 0.4) is 0 Å². The summed E-state index contributed by atoms with van der Waals surface area (Å²) in [5, 5.41) is 3.36. The number of rotatable bonds is 8. The Morgan fingerprint density at radius 1 is 1.12 bits per heavy atom. The molecule has 1 N–H and O–H groups in total. The Balaban J connectivity index is 1.75. The van der Waals surface area contributed by atoms with Gasteiger partial charge in [0.15, 0.2) is 0 Å². The molecule has 8 heteroatoms. The quantitative estimate of drug-likeness (QED) is 0.668. The van der Waals surface area contributed by atoms with Gasteiger partial charge in [-0.2, -0.15) is 4.31 Å². The average molecular weight is 390 g/mol. The number of ether oxygens (including phenoxy) is 1. The zero-order chi connectivity index (χ0) is 19.2. The molecule has 1 unspecified atom stereocenters. The molecule has 2 rings (SSSR count). The van der Waals surface area contributed by atoms with Crippen LogP contribution in [-0.2, 0) is 19.6 Å². The van der Waals surface area contributed by atoms with Crippen molar-refractivity contribution in [1.82, 2.24) is 14.5 Å². The highest BCUT2D eigenvalue weighted by Gasteiger charge is 2.30. The van der Waals surface area contributed by atoms with Crippen molar-refractivity contribution in [2.75, 3.05) is 51.6 Å². The predicted molar refractivity (Wildman–Crippen MR) is 102 cm³/mol. The number of carbonyl (C=O) groups excluding carboxylic acids is 1. The zero-order valence-corrected chi connectivity index (χ0v) is 17.3. The third-order valence-electron chi connectivity index (χ3n) is 5.46. The maximum Gasteiger partial charge on any atom is 0.222 e. The molecule has 1 amide bonds. The van der Waals surface area contributed by atoms with Crippen molar-refractivity contribution in [3.8, 4) is 0 Å². The molecule has 2 fully saturated rings. The highest BCUT2D eigenvalue weighted by atomic mass is 32.2. The Hall–Kier alpha value is -0.700. The monoisotopic (exact) mass is 389 g/mol. The number of amides is 1. The number of hydrogen-bond acceptors (Lipinski definition) is 5. The Kier molecular flexibility index (Phi) is 8.32. The SMILES string of the molecule is CC(C)OCCS(=O)(=O)N1CCN(C(=O)CC(C)C2CCNCC2)CC1. The van der Waals surface area contributed by atoms with E-state index in [9.17, 15) is 13.2 Å². The van der Waals surface area contributed by atoms with E-state index in [-0.39, 0.29) is 24.4 Å². The topological polar surface area (TPSA) is 79.0 Å². The van der Waals surface area contributed by atoms with Gasteiger partial charge < -0.3 is 15.0 Å². The maximum atomic E-state index is 12.6. The summed E-state index contributed by atoms with van der Waals surface area (Å²) in [6.07, 6.45) is 2.87. The van der Waals surface area contributed by atoms with Crippen molar-refractivity contribution in [3.05, 3.63) is 0 Å².